The maximum atomic E-state index is 11.9. The number of ether oxygens (including phenoxy) is 2. The van der Waals surface area contributed by atoms with E-state index in [0.717, 1.165) is 0 Å². The summed E-state index contributed by atoms with van der Waals surface area (Å²) in [5.74, 6) is -1.42. The van der Waals surface area contributed by atoms with Crippen molar-refractivity contribution in [1.82, 2.24) is 0 Å². The third-order valence-electron chi connectivity index (χ3n) is 2.60. The van der Waals surface area contributed by atoms with Crippen LogP contribution in [0.5, 0.6) is 0 Å². The average molecular weight is 228 g/mol. The molecule has 0 N–H and O–H groups in total. The zero-order valence-corrected chi connectivity index (χ0v) is 9.58. The van der Waals surface area contributed by atoms with Crippen LogP contribution in [-0.4, -0.2) is 30.9 Å². The largest absolute Gasteiger partial charge is 0.465 e. The van der Waals surface area contributed by atoms with Crippen LogP contribution < -0.4 is 0 Å². The molecule has 1 fully saturated rings. The van der Waals surface area contributed by atoms with Gasteiger partial charge in [0.15, 0.2) is 11.2 Å². The SMILES string of the molecule is CCCC(=O)C1(C(=O)OCC)COC(=O)C1. The van der Waals surface area contributed by atoms with Gasteiger partial charge in [-0.05, 0) is 13.3 Å². The topological polar surface area (TPSA) is 69.7 Å². The normalized spacial score (nSPS) is 24.0. The Balaban J connectivity index is 2.89. The molecule has 0 aromatic heterocycles. The number of hydrogen-bond acceptors (Lipinski definition) is 5. The predicted molar refractivity (Wildman–Crippen MR) is 54.6 cm³/mol. The smallest absolute Gasteiger partial charge is 0.323 e. The second-order valence-corrected chi connectivity index (χ2v) is 3.81. The highest BCUT2D eigenvalue weighted by atomic mass is 16.6. The van der Waals surface area contributed by atoms with Crippen LogP contribution in [-0.2, 0) is 23.9 Å². The van der Waals surface area contributed by atoms with Crippen LogP contribution in [0, 0.1) is 5.41 Å². The maximum absolute atomic E-state index is 11.9. The molecule has 0 radical (unpaired) electrons. The third-order valence-corrected chi connectivity index (χ3v) is 2.60. The molecule has 0 amide bonds. The Bertz CT molecular complexity index is 289. The minimum Gasteiger partial charge on any atom is -0.465 e. The van der Waals surface area contributed by atoms with Crippen molar-refractivity contribution >= 4 is 17.7 Å². The molecule has 1 unspecified atom stereocenters. The van der Waals surface area contributed by atoms with Gasteiger partial charge < -0.3 is 9.47 Å². The van der Waals surface area contributed by atoms with E-state index in [1.54, 1.807) is 6.92 Å². The van der Waals surface area contributed by atoms with Gasteiger partial charge in [-0.1, -0.05) is 6.92 Å². The zero-order chi connectivity index (χ0) is 12.2. The van der Waals surface area contributed by atoms with Gasteiger partial charge in [0.25, 0.3) is 0 Å². The molecule has 5 nitrogen and oxygen atoms in total. The van der Waals surface area contributed by atoms with E-state index in [9.17, 15) is 14.4 Å². The van der Waals surface area contributed by atoms with Crippen molar-refractivity contribution < 1.29 is 23.9 Å². The molecule has 0 spiro atoms. The second-order valence-electron chi connectivity index (χ2n) is 3.81. The Hall–Kier alpha value is -1.39. The number of esters is 2. The lowest BCUT2D eigenvalue weighted by atomic mass is 9.80. The average Bonchev–Trinajstić information content (AvgIpc) is 2.63. The lowest BCUT2D eigenvalue weighted by Gasteiger charge is -2.21. The van der Waals surface area contributed by atoms with Gasteiger partial charge in [0, 0.05) is 6.42 Å². The molecule has 0 saturated carbocycles. The van der Waals surface area contributed by atoms with E-state index in [1.165, 1.54) is 0 Å². The highest BCUT2D eigenvalue weighted by molar-refractivity contribution is 6.07. The van der Waals surface area contributed by atoms with Crippen molar-refractivity contribution in [3.05, 3.63) is 0 Å². The molecule has 1 atom stereocenters. The van der Waals surface area contributed by atoms with Gasteiger partial charge in [-0.25, -0.2) is 0 Å². The Kier molecular flexibility index (Phi) is 4.04. The van der Waals surface area contributed by atoms with Gasteiger partial charge in [0.1, 0.15) is 6.61 Å². The van der Waals surface area contributed by atoms with E-state index in [-0.39, 0.29) is 31.8 Å². The van der Waals surface area contributed by atoms with Crippen LogP contribution in [0.1, 0.15) is 33.1 Å². The van der Waals surface area contributed by atoms with E-state index >= 15 is 0 Å². The van der Waals surface area contributed by atoms with E-state index < -0.39 is 17.4 Å². The fraction of sp³-hybridized carbons (Fsp3) is 0.727. The van der Waals surface area contributed by atoms with Gasteiger partial charge in [-0.2, -0.15) is 0 Å². The first kappa shape index (κ1) is 12.7. The number of hydrogen-bond donors (Lipinski definition) is 0. The Morgan fingerprint density at radius 1 is 1.44 bits per heavy atom. The Morgan fingerprint density at radius 3 is 2.56 bits per heavy atom. The van der Waals surface area contributed by atoms with Crippen LogP contribution in [0.25, 0.3) is 0 Å². The molecular formula is C11H16O5. The third kappa shape index (κ3) is 2.23. The van der Waals surface area contributed by atoms with E-state index in [4.69, 9.17) is 9.47 Å². The summed E-state index contributed by atoms with van der Waals surface area (Å²) in [5.41, 5.74) is -1.39. The summed E-state index contributed by atoms with van der Waals surface area (Å²) >= 11 is 0. The fourth-order valence-electron chi connectivity index (χ4n) is 1.71. The molecule has 0 bridgehead atoms. The highest BCUT2D eigenvalue weighted by Gasteiger charge is 2.53. The summed E-state index contributed by atoms with van der Waals surface area (Å²) < 4.78 is 9.60. The lowest BCUT2D eigenvalue weighted by molar-refractivity contribution is -0.160. The molecule has 1 heterocycles. The van der Waals surface area contributed by atoms with Gasteiger partial charge in [-0.3, -0.25) is 14.4 Å². The number of carbonyl (C=O) groups excluding carboxylic acids is 3. The van der Waals surface area contributed by atoms with Crippen LogP contribution in [0.3, 0.4) is 0 Å². The summed E-state index contributed by atoms with van der Waals surface area (Å²) in [6.07, 6.45) is 0.703. The first-order valence-electron chi connectivity index (χ1n) is 5.43. The fourth-order valence-corrected chi connectivity index (χ4v) is 1.71. The number of carbonyl (C=O) groups is 3. The van der Waals surface area contributed by atoms with E-state index in [0.29, 0.717) is 6.42 Å². The minimum absolute atomic E-state index is 0.177. The summed E-state index contributed by atoms with van der Waals surface area (Å²) in [5, 5.41) is 0. The van der Waals surface area contributed by atoms with E-state index in [2.05, 4.69) is 0 Å². The van der Waals surface area contributed by atoms with Crippen molar-refractivity contribution in [3.63, 3.8) is 0 Å². The van der Waals surface area contributed by atoms with Crippen LogP contribution >= 0.6 is 0 Å². The van der Waals surface area contributed by atoms with Crippen molar-refractivity contribution in [3.8, 4) is 0 Å². The summed E-state index contributed by atoms with van der Waals surface area (Å²) in [6, 6.07) is 0. The van der Waals surface area contributed by atoms with Crippen LogP contribution in [0.15, 0.2) is 0 Å². The number of Topliss-reactive ketones (excluding diaryl/α,β-unsaturated/α-hetero) is 1. The number of rotatable bonds is 5. The van der Waals surface area contributed by atoms with Crippen molar-refractivity contribution in [1.29, 1.82) is 0 Å². The molecule has 90 valence electrons. The van der Waals surface area contributed by atoms with Crippen LogP contribution in [0.4, 0.5) is 0 Å². The van der Waals surface area contributed by atoms with Gasteiger partial charge in [0.2, 0.25) is 0 Å². The Morgan fingerprint density at radius 2 is 2.12 bits per heavy atom. The quantitative estimate of drug-likeness (QED) is 0.515. The monoisotopic (exact) mass is 228 g/mol. The summed E-state index contributed by atoms with van der Waals surface area (Å²) in [6.45, 7) is 3.51. The molecule has 0 aliphatic carbocycles. The van der Waals surface area contributed by atoms with Crippen LogP contribution in [0.2, 0.25) is 0 Å². The molecule has 16 heavy (non-hydrogen) atoms. The van der Waals surface area contributed by atoms with Gasteiger partial charge in [0.05, 0.1) is 13.0 Å². The minimum atomic E-state index is -1.39. The highest BCUT2D eigenvalue weighted by Crippen LogP contribution is 2.33. The first-order chi connectivity index (χ1) is 7.56. The second kappa shape index (κ2) is 5.09. The van der Waals surface area contributed by atoms with E-state index in [1.807, 2.05) is 6.92 Å². The molecule has 1 saturated heterocycles. The molecule has 0 aromatic rings. The molecule has 1 aliphatic heterocycles. The Labute approximate surface area is 94.1 Å². The number of ketones is 1. The van der Waals surface area contributed by atoms with Crippen molar-refractivity contribution in [2.24, 2.45) is 5.41 Å². The molecule has 1 rings (SSSR count). The van der Waals surface area contributed by atoms with Gasteiger partial charge in [-0.15, -0.1) is 0 Å². The summed E-state index contributed by atoms with van der Waals surface area (Å²) in [7, 11) is 0. The predicted octanol–water partition coefficient (Wildman–Crippen LogP) is 0.852. The molecule has 5 heteroatoms. The molecular weight excluding hydrogens is 212 g/mol. The van der Waals surface area contributed by atoms with Crippen molar-refractivity contribution in [2.45, 2.75) is 33.1 Å². The lowest BCUT2D eigenvalue weighted by Crippen LogP contribution is -2.41. The van der Waals surface area contributed by atoms with Crippen molar-refractivity contribution in [2.75, 3.05) is 13.2 Å². The number of cyclic esters (lactones) is 1. The summed E-state index contributed by atoms with van der Waals surface area (Å²) in [4.78, 5) is 34.7. The van der Waals surface area contributed by atoms with Gasteiger partial charge >= 0.3 is 11.9 Å². The zero-order valence-electron chi connectivity index (χ0n) is 9.58. The molecule has 1 aliphatic rings. The molecule has 0 aromatic carbocycles. The maximum Gasteiger partial charge on any atom is 0.323 e. The standard InChI is InChI=1S/C11H16O5/c1-3-5-8(12)11(10(14)15-4-2)6-9(13)16-7-11/h3-7H2,1-2H3. The first-order valence-corrected chi connectivity index (χ1v) is 5.43.